The van der Waals surface area contributed by atoms with E-state index in [0.717, 1.165) is 6.07 Å². The Morgan fingerprint density at radius 2 is 1.95 bits per heavy atom. The van der Waals surface area contributed by atoms with E-state index < -0.39 is 17.4 Å². The molecule has 0 bridgehead atoms. The molecule has 0 saturated carbocycles. The second kappa shape index (κ2) is 5.89. The molecule has 0 aliphatic heterocycles. The fraction of sp³-hybridized carbons (Fsp3) is 0.0714. The van der Waals surface area contributed by atoms with Crippen LogP contribution in [-0.4, -0.2) is 12.9 Å². The van der Waals surface area contributed by atoms with Crippen molar-refractivity contribution < 1.29 is 18.3 Å². The Labute approximate surface area is 127 Å². The van der Waals surface area contributed by atoms with E-state index in [1.165, 1.54) is 31.4 Å². The van der Waals surface area contributed by atoms with Gasteiger partial charge in [-0.05, 0) is 46.3 Å². The molecule has 0 atom stereocenters. The lowest BCUT2D eigenvalue weighted by atomic mass is 10.0. The first-order valence-electron chi connectivity index (χ1n) is 5.47. The third-order valence-corrected chi connectivity index (χ3v) is 3.78. The number of ketones is 1. The molecule has 0 heterocycles. The quantitative estimate of drug-likeness (QED) is 0.589. The standard InChI is InChI=1S/C14H8BrClF2O2/c1-20-11-6-7(2-4-9(11)16)14(19)8-3-5-10(17)13(18)12(8)15/h2-6H,1H3. The second-order valence-corrected chi connectivity index (χ2v) is 5.10. The van der Waals surface area contributed by atoms with Gasteiger partial charge in [0.2, 0.25) is 0 Å². The van der Waals surface area contributed by atoms with Gasteiger partial charge in [-0.25, -0.2) is 8.78 Å². The number of hydrogen-bond acceptors (Lipinski definition) is 2. The summed E-state index contributed by atoms with van der Waals surface area (Å²) < 4.78 is 31.3. The van der Waals surface area contributed by atoms with E-state index in [4.69, 9.17) is 16.3 Å². The van der Waals surface area contributed by atoms with Gasteiger partial charge in [-0.2, -0.15) is 0 Å². The average molecular weight is 362 g/mol. The molecule has 6 heteroatoms. The molecular formula is C14H8BrClF2O2. The van der Waals surface area contributed by atoms with Gasteiger partial charge < -0.3 is 4.74 Å². The minimum Gasteiger partial charge on any atom is -0.495 e. The Morgan fingerprint density at radius 3 is 2.60 bits per heavy atom. The van der Waals surface area contributed by atoms with Gasteiger partial charge in [0.1, 0.15) is 5.75 Å². The summed E-state index contributed by atoms with van der Waals surface area (Å²) >= 11 is 8.75. The van der Waals surface area contributed by atoms with Crippen LogP contribution in [0.5, 0.6) is 5.75 Å². The lowest BCUT2D eigenvalue weighted by Gasteiger charge is -2.08. The van der Waals surface area contributed by atoms with Crippen LogP contribution < -0.4 is 4.74 Å². The monoisotopic (exact) mass is 360 g/mol. The van der Waals surface area contributed by atoms with Crippen LogP contribution in [0.4, 0.5) is 8.78 Å². The number of ether oxygens (including phenoxy) is 1. The van der Waals surface area contributed by atoms with Crippen molar-refractivity contribution in [3.63, 3.8) is 0 Å². The molecule has 0 radical (unpaired) electrons. The Bertz CT molecular complexity index is 689. The van der Waals surface area contributed by atoms with Gasteiger partial charge in [0.05, 0.1) is 16.6 Å². The molecule has 0 amide bonds. The summed E-state index contributed by atoms with van der Waals surface area (Å²) in [5, 5.41) is 0.355. The maximum atomic E-state index is 13.5. The second-order valence-electron chi connectivity index (χ2n) is 3.90. The number of halogens is 4. The van der Waals surface area contributed by atoms with Crippen molar-refractivity contribution >= 4 is 33.3 Å². The highest BCUT2D eigenvalue weighted by Crippen LogP contribution is 2.29. The van der Waals surface area contributed by atoms with Gasteiger partial charge in [-0.1, -0.05) is 11.6 Å². The molecule has 0 unspecified atom stereocenters. The number of rotatable bonds is 3. The topological polar surface area (TPSA) is 26.3 Å². The minimum atomic E-state index is -1.10. The van der Waals surface area contributed by atoms with Crippen LogP contribution in [0.3, 0.4) is 0 Å². The van der Waals surface area contributed by atoms with E-state index in [1.807, 2.05) is 0 Å². The molecule has 2 aromatic carbocycles. The molecule has 0 saturated heterocycles. The molecule has 0 spiro atoms. The van der Waals surface area contributed by atoms with Crippen LogP contribution >= 0.6 is 27.5 Å². The van der Waals surface area contributed by atoms with Crippen LogP contribution in [0.1, 0.15) is 15.9 Å². The Hall–Kier alpha value is -1.46. The van der Waals surface area contributed by atoms with Crippen LogP contribution in [0.15, 0.2) is 34.8 Å². The highest BCUT2D eigenvalue weighted by atomic mass is 79.9. The minimum absolute atomic E-state index is 0.0216. The van der Waals surface area contributed by atoms with E-state index in [-0.39, 0.29) is 15.6 Å². The van der Waals surface area contributed by atoms with Crippen LogP contribution in [-0.2, 0) is 0 Å². The van der Waals surface area contributed by atoms with E-state index in [0.29, 0.717) is 10.8 Å². The first-order valence-corrected chi connectivity index (χ1v) is 6.64. The lowest BCUT2D eigenvalue weighted by Crippen LogP contribution is -2.05. The van der Waals surface area contributed by atoms with Crippen LogP contribution in [0.2, 0.25) is 5.02 Å². The predicted molar refractivity (Wildman–Crippen MR) is 75.5 cm³/mol. The first-order chi connectivity index (χ1) is 9.45. The smallest absolute Gasteiger partial charge is 0.194 e. The molecular weight excluding hydrogens is 354 g/mol. The van der Waals surface area contributed by atoms with Crippen molar-refractivity contribution in [2.75, 3.05) is 7.11 Å². The molecule has 20 heavy (non-hydrogen) atoms. The highest BCUT2D eigenvalue weighted by molar-refractivity contribution is 9.10. The van der Waals surface area contributed by atoms with Crippen molar-refractivity contribution in [2.24, 2.45) is 0 Å². The van der Waals surface area contributed by atoms with Gasteiger partial charge in [0.15, 0.2) is 17.4 Å². The van der Waals surface area contributed by atoms with Crippen molar-refractivity contribution in [2.45, 2.75) is 0 Å². The molecule has 104 valence electrons. The number of hydrogen-bond donors (Lipinski definition) is 0. The fourth-order valence-electron chi connectivity index (χ4n) is 1.66. The Morgan fingerprint density at radius 1 is 1.25 bits per heavy atom. The fourth-order valence-corrected chi connectivity index (χ4v) is 2.35. The zero-order valence-electron chi connectivity index (χ0n) is 10.2. The molecule has 2 rings (SSSR count). The zero-order chi connectivity index (χ0) is 14.9. The van der Waals surface area contributed by atoms with E-state index in [2.05, 4.69) is 15.9 Å². The van der Waals surface area contributed by atoms with Gasteiger partial charge >= 0.3 is 0 Å². The summed E-state index contributed by atoms with van der Waals surface area (Å²) in [4.78, 5) is 12.3. The maximum absolute atomic E-state index is 13.5. The van der Waals surface area contributed by atoms with Gasteiger partial charge in [0.25, 0.3) is 0 Å². The van der Waals surface area contributed by atoms with Crippen LogP contribution in [0, 0.1) is 11.6 Å². The number of benzene rings is 2. The molecule has 0 aliphatic rings. The highest BCUT2D eigenvalue weighted by Gasteiger charge is 2.19. The third kappa shape index (κ3) is 2.69. The van der Waals surface area contributed by atoms with Crippen molar-refractivity contribution in [3.05, 3.63) is 62.6 Å². The van der Waals surface area contributed by atoms with E-state index >= 15 is 0 Å². The average Bonchev–Trinajstić information content (AvgIpc) is 2.45. The Balaban J connectivity index is 2.49. The van der Waals surface area contributed by atoms with Gasteiger partial charge in [-0.3, -0.25) is 4.79 Å². The van der Waals surface area contributed by atoms with Crippen LogP contribution in [0.25, 0.3) is 0 Å². The van der Waals surface area contributed by atoms with Crippen molar-refractivity contribution in [1.29, 1.82) is 0 Å². The zero-order valence-corrected chi connectivity index (χ0v) is 12.6. The molecule has 0 N–H and O–H groups in total. The van der Waals surface area contributed by atoms with Gasteiger partial charge in [-0.15, -0.1) is 0 Å². The lowest BCUT2D eigenvalue weighted by molar-refractivity contribution is 0.103. The third-order valence-electron chi connectivity index (χ3n) is 2.69. The summed E-state index contributed by atoms with van der Waals surface area (Å²) in [6, 6.07) is 6.55. The number of carbonyl (C=O) groups excluding carboxylic acids is 1. The van der Waals surface area contributed by atoms with Crippen molar-refractivity contribution in [1.82, 2.24) is 0 Å². The summed E-state index contributed by atoms with van der Waals surface area (Å²) in [6.45, 7) is 0. The molecule has 0 aromatic heterocycles. The molecule has 0 fully saturated rings. The van der Waals surface area contributed by atoms with E-state index in [1.54, 1.807) is 0 Å². The Kier molecular flexibility index (Phi) is 4.40. The largest absolute Gasteiger partial charge is 0.495 e. The SMILES string of the molecule is COc1cc(C(=O)c2ccc(F)c(F)c2Br)ccc1Cl. The van der Waals surface area contributed by atoms with Crippen molar-refractivity contribution in [3.8, 4) is 5.75 Å². The summed E-state index contributed by atoms with van der Waals surface area (Å²) in [5.74, 6) is -2.26. The summed E-state index contributed by atoms with van der Waals surface area (Å²) in [6.07, 6.45) is 0. The molecule has 2 aromatic rings. The molecule has 0 aliphatic carbocycles. The summed E-state index contributed by atoms with van der Waals surface area (Å²) in [7, 11) is 1.42. The maximum Gasteiger partial charge on any atom is 0.194 e. The molecule has 2 nitrogen and oxygen atoms in total. The summed E-state index contributed by atoms with van der Waals surface area (Å²) in [5.41, 5.74) is 0.284. The van der Waals surface area contributed by atoms with E-state index in [9.17, 15) is 13.6 Å². The first kappa shape index (κ1) is 14.9. The predicted octanol–water partition coefficient (Wildman–Crippen LogP) is 4.62. The number of carbonyl (C=O) groups is 1. The normalized spacial score (nSPS) is 10.4. The van der Waals surface area contributed by atoms with Gasteiger partial charge in [0, 0.05) is 11.1 Å². The number of methoxy groups -OCH3 is 1.